The molecule has 1 aromatic heterocycles. The van der Waals surface area contributed by atoms with Crippen LogP contribution in [0.1, 0.15) is 0 Å². The normalized spacial score (nSPS) is 20.4. The zero-order valence-electron chi connectivity index (χ0n) is 9.31. The minimum absolute atomic E-state index is 0.0988. The lowest BCUT2D eigenvalue weighted by molar-refractivity contribution is -0.000836. The van der Waals surface area contributed by atoms with Crippen molar-refractivity contribution in [2.45, 2.75) is 6.10 Å². The highest BCUT2D eigenvalue weighted by molar-refractivity contribution is 5.19. The molecule has 5 nitrogen and oxygen atoms in total. The minimum Gasteiger partial charge on any atom is -0.481 e. The van der Waals surface area contributed by atoms with Crippen molar-refractivity contribution in [3.63, 3.8) is 0 Å². The summed E-state index contributed by atoms with van der Waals surface area (Å²) in [5, 5.41) is 3.24. The van der Waals surface area contributed by atoms with E-state index in [4.69, 9.17) is 14.2 Å². The summed E-state index contributed by atoms with van der Waals surface area (Å²) in [6.45, 7) is 2.98. The van der Waals surface area contributed by atoms with Gasteiger partial charge in [0.2, 0.25) is 11.8 Å². The van der Waals surface area contributed by atoms with Crippen LogP contribution in [0, 0.1) is 0 Å². The average Bonchev–Trinajstić information content (AvgIpc) is 2.38. The molecular formula is C11H16N2O3. The summed E-state index contributed by atoms with van der Waals surface area (Å²) in [5.41, 5.74) is 0. The number of nitrogens with one attached hydrogen (secondary N) is 1. The first-order chi connectivity index (χ1) is 7.88. The van der Waals surface area contributed by atoms with Gasteiger partial charge in [0.05, 0.1) is 13.7 Å². The zero-order chi connectivity index (χ0) is 11.2. The Morgan fingerprint density at radius 3 is 3.12 bits per heavy atom. The maximum Gasteiger partial charge on any atom is 0.216 e. The molecule has 0 amide bonds. The predicted octanol–water partition coefficient (Wildman–Crippen LogP) is 0.457. The Hall–Kier alpha value is -1.33. The lowest BCUT2D eigenvalue weighted by atomic mass is 10.3. The molecule has 88 valence electrons. The second-order valence-corrected chi connectivity index (χ2v) is 3.53. The number of hydrogen-bond donors (Lipinski definition) is 1. The summed E-state index contributed by atoms with van der Waals surface area (Å²) in [4.78, 5) is 4.16. The molecule has 1 aliphatic heterocycles. The Morgan fingerprint density at radius 2 is 2.38 bits per heavy atom. The van der Waals surface area contributed by atoms with E-state index in [0.717, 1.165) is 19.7 Å². The highest BCUT2D eigenvalue weighted by Crippen LogP contribution is 2.13. The first-order valence-electron chi connectivity index (χ1n) is 5.34. The quantitative estimate of drug-likeness (QED) is 0.805. The minimum atomic E-state index is 0.0988. The SMILES string of the molecule is COc1cccc(OCC2CNCCO2)n1. The highest BCUT2D eigenvalue weighted by atomic mass is 16.5. The van der Waals surface area contributed by atoms with E-state index in [-0.39, 0.29) is 6.10 Å². The van der Waals surface area contributed by atoms with Crippen molar-refractivity contribution in [1.82, 2.24) is 10.3 Å². The van der Waals surface area contributed by atoms with Gasteiger partial charge in [-0.05, 0) is 0 Å². The molecule has 1 unspecified atom stereocenters. The third kappa shape index (κ3) is 3.08. The van der Waals surface area contributed by atoms with Gasteiger partial charge in [0.1, 0.15) is 12.7 Å². The molecular weight excluding hydrogens is 208 g/mol. The topological polar surface area (TPSA) is 52.6 Å². The average molecular weight is 224 g/mol. The molecule has 0 aliphatic carbocycles. The molecule has 16 heavy (non-hydrogen) atoms. The van der Waals surface area contributed by atoms with E-state index in [0.29, 0.717) is 18.4 Å². The van der Waals surface area contributed by atoms with Crippen molar-refractivity contribution in [1.29, 1.82) is 0 Å². The number of hydrogen-bond acceptors (Lipinski definition) is 5. The standard InChI is InChI=1S/C11H16N2O3/c1-14-10-3-2-4-11(13-10)16-8-9-7-12-5-6-15-9/h2-4,9,12H,5-8H2,1H3. The van der Waals surface area contributed by atoms with Gasteiger partial charge in [0, 0.05) is 25.2 Å². The van der Waals surface area contributed by atoms with Gasteiger partial charge in [-0.1, -0.05) is 6.07 Å². The van der Waals surface area contributed by atoms with Crippen molar-refractivity contribution in [3.8, 4) is 11.8 Å². The molecule has 1 aliphatic rings. The van der Waals surface area contributed by atoms with Crippen LogP contribution >= 0.6 is 0 Å². The van der Waals surface area contributed by atoms with Crippen LogP contribution in [0.2, 0.25) is 0 Å². The fraction of sp³-hybridized carbons (Fsp3) is 0.545. The molecule has 1 atom stereocenters. The molecule has 0 radical (unpaired) electrons. The largest absolute Gasteiger partial charge is 0.481 e. The van der Waals surface area contributed by atoms with E-state index in [9.17, 15) is 0 Å². The van der Waals surface area contributed by atoms with Gasteiger partial charge >= 0.3 is 0 Å². The van der Waals surface area contributed by atoms with Crippen molar-refractivity contribution >= 4 is 0 Å². The molecule has 0 saturated carbocycles. The van der Waals surface area contributed by atoms with Crippen LogP contribution in [0.15, 0.2) is 18.2 Å². The van der Waals surface area contributed by atoms with Gasteiger partial charge in [-0.3, -0.25) is 0 Å². The lowest BCUT2D eigenvalue weighted by Crippen LogP contribution is -2.41. The van der Waals surface area contributed by atoms with Gasteiger partial charge in [0.25, 0.3) is 0 Å². The molecule has 2 heterocycles. The van der Waals surface area contributed by atoms with Gasteiger partial charge in [0.15, 0.2) is 0 Å². The van der Waals surface area contributed by atoms with E-state index in [1.165, 1.54) is 0 Å². The van der Waals surface area contributed by atoms with Crippen molar-refractivity contribution in [3.05, 3.63) is 18.2 Å². The number of methoxy groups -OCH3 is 1. The van der Waals surface area contributed by atoms with Crippen LogP contribution in [-0.2, 0) is 4.74 Å². The Labute approximate surface area is 94.7 Å². The number of morpholine rings is 1. The van der Waals surface area contributed by atoms with Crippen LogP contribution in [0.5, 0.6) is 11.8 Å². The first-order valence-corrected chi connectivity index (χ1v) is 5.34. The van der Waals surface area contributed by atoms with Gasteiger partial charge in [-0.2, -0.15) is 4.98 Å². The Kier molecular flexibility index (Phi) is 3.96. The molecule has 1 aromatic rings. The summed E-state index contributed by atoms with van der Waals surface area (Å²) in [7, 11) is 1.58. The van der Waals surface area contributed by atoms with E-state index in [1.807, 2.05) is 6.07 Å². The Balaban J connectivity index is 1.83. The summed E-state index contributed by atoms with van der Waals surface area (Å²) in [6, 6.07) is 5.44. The van der Waals surface area contributed by atoms with Crippen molar-refractivity contribution in [2.24, 2.45) is 0 Å². The number of nitrogens with zero attached hydrogens (tertiary/aromatic N) is 1. The van der Waals surface area contributed by atoms with Crippen molar-refractivity contribution < 1.29 is 14.2 Å². The van der Waals surface area contributed by atoms with E-state index in [2.05, 4.69) is 10.3 Å². The van der Waals surface area contributed by atoms with Crippen LogP contribution in [0.4, 0.5) is 0 Å². The molecule has 2 rings (SSSR count). The third-order valence-corrected chi connectivity index (χ3v) is 2.33. The monoisotopic (exact) mass is 224 g/mol. The molecule has 0 spiro atoms. The highest BCUT2D eigenvalue weighted by Gasteiger charge is 2.14. The fourth-order valence-electron chi connectivity index (χ4n) is 1.50. The Morgan fingerprint density at radius 1 is 1.50 bits per heavy atom. The number of rotatable bonds is 4. The maximum atomic E-state index is 5.53. The Bertz CT molecular complexity index is 327. The van der Waals surface area contributed by atoms with Gasteiger partial charge in [-0.25, -0.2) is 0 Å². The lowest BCUT2D eigenvalue weighted by Gasteiger charge is -2.23. The molecule has 5 heteroatoms. The molecule has 0 aromatic carbocycles. The van der Waals surface area contributed by atoms with E-state index < -0.39 is 0 Å². The molecule has 1 saturated heterocycles. The number of ether oxygens (including phenoxy) is 3. The van der Waals surface area contributed by atoms with Gasteiger partial charge in [-0.15, -0.1) is 0 Å². The van der Waals surface area contributed by atoms with Gasteiger partial charge < -0.3 is 19.5 Å². The van der Waals surface area contributed by atoms with Crippen LogP contribution in [0.25, 0.3) is 0 Å². The second kappa shape index (κ2) is 5.67. The predicted molar refractivity (Wildman–Crippen MR) is 58.9 cm³/mol. The first kappa shape index (κ1) is 11.2. The molecule has 0 bridgehead atoms. The van der Waals surface area contributed by atoms with Crippen LogP contribution in [0.3, 0.4) is 0 Å². The van der Waals surface area contributed by atoms with E-state index >= 15 is 0 Å². The third-order valence-electron chi connectivity index (χ3n) is 2.33. The number of pyridine rings is 1. The number of aromatic nitrogens is 1. The zero-order valence-corrected chi connectivity index (χ0v) is 9.31. The van der Waals surface area contributed by atoms with E-state index in [1.54, 1.807) is 19.2 Å². The maximum absolute atomic E-state index is 5.53. The van der Waals surface area contributed by atoms with Crippen LogP contribution < -0.4 is 14.8 Å². The molecule has 1 N–H and O–H groups in total. The summed E-state index contributed by atoms with van der Waals surface area (Å²) >= 11 is 0. The van der Waals surface area contributed by atoms with Crippen LogP contribution in [-0.4, -0.2) is 44.5 Å². The molecule has 1 fully saturated rings. The summed E-state index contributed by atoms with van der Waals surface area (Å²) < 4.78 is 16.1. The smallest absolute Gasteiger partial charge is 0.216 e. The second-order valence-electron chi connectivity index (χ2n) is 3.53. The fourth-order valence-corrected chi connectivity index (χ4v) is 1.50. The van der Waals surface area contributed by atoms with Crippen molar-refractivity contribution in [2.75, 3.05) is 33.4 Å². The summed E-state index contributed by atoms with van der Waals surface area (Å²) in [5.74, 6) is 1.12. The summed E-state index contributed by atoms with van der Waals surface area (Å²) in [6.07, 6.45) is 0.0988.